The van der Waals surface area contributed by atoms with Gasteiger partial charge in [0, 0.05) is 6.54 Å². The van der Waals surface area contributed by atoms with Crippen molar-refractivity contribution in [1.82, 2.24) is 4.72 Å². The molecule has 2 aromatic rings. The van der Waals surface area contributed by atoms with Gasteiger partial charge in [-0.1, -0.05) is 48.5 Å². The number of rotatable bonds is 10. The van der Waals surface area contributed by atoms with Gasteiger partial charge >= 0.3 is 5.97 Å². The van der Waals surface area contributed by atoms with E-state index in [0.717, 1.165) is 30.4 Å². The zero-order valence-corrected chi connectivity index (χ0v) is 19.7. The van der Waals surface area contributed by atoms with E-state index in [-0.39, 0.29) is 16.7 Å². The molecule has 2 radical (unpaired) electrons. The number of benzene rings is 2. The third kappa shape index (κ3) is 8.87. The SMILES string of the molecule is [B][C@@H](CCCCNS(=O)(=O)c1ccc(C)cc1)Cc1ccc(C(=O)OC(C)(C)C)cc1. The normalized spacial score (nSPS) is 13.0. The molecular weight excluding hydrogens is 409 g/mol. The van der Waals surface area contributed by atoms with E-state index in [4.69, 9.17) is 12.6 Å². The minimum atomic E-state index is -3.47. The summed E-state index contributed by atoms with van der Waals surface area (Å²) < 4.78 is 32.5. The standard InChI is InChI=1S/C24H32BNO4S/c1-18-8-14-22(15-9-18)31(28,29)26-16-6-5-7-21(25)17-19-10-12-20(13-11-19)23(27)30-24(2,3)4/h8-15,21,26H,5-7,16-17H2,1-4H3/t21-/m0/s1. The Morgan fingerprint density at radius 1 is 1.03 bits per heavy atom. The maximum atomic E-state index is 12.3. The fourth-order valence-electron chi connectivity index (χ4n) is 3.06. The van der Waals surface area contributed by atoms with Crippen molar-refractivity contribution in [3.8, 4) is 0 Å². The summed E-state index contributed by atoms with van der Waals surface area (Å²) in [5, 5.41) is 0. The predicted octanol–water partition coefficient (Wildman–Crippen LogP) is 4.60. The number of unbranched alkanes of at least 4 members (excludes halogenated alkanes) is 1. The van der Waals surface area contributed by atoms with E-state index in [1.807, 2.05) is 39.8 Å². The van der Waals surface area contributed by atoms with E-state index in [9.17, 15) is 13.2 Å². The summed E-state index contributed by atoms with van der Waals surface area (Å²) in [5.41, 5.74) is 2.08. The largest absolute Gasteiger partial charge is 0.456 e. The lowest BCUT2D eigenvalue weighted by Gasteiger charge is -2.19. The van der Waals surface area contributed by atoms with Crippen LogP contribution in [0.2, 0.25) is 5.82 Å². The van der Waals surface area contributed by atoms with Crippen molar-refractivity contribution < 1.29 is 17.9 Å². The van der Waals surface area contributed by atoms with Crippen LogP contribution >= 0.6 is 0 Å². The second-order valence-electron chi connectivity index (χ2n) is 8.87. The molecule has 2 aromatic carbocycles. The number of aryl methyl sites for hydroxylation is 1. The van der Waals surface area contributed by atoms with Crippen LogP contribution in [-0.2, 0) is 21.2 Å². The van der Waals surface area contributed by atoms with Gasteiger partial charge in [0.1, 0.15) is 5.60 Å². The maximum Gasteiger partial charge on any atom is 0.338 e. The number of hydrogen-bond donors (Lipinski definition) is 1. The molecule has 1 atom stereocenters. The van der Waals surface area contributed by atoms with E-state index in [1.165, 1.54) is 0 Å². The average Bonchev–Trinajstić information content (AvgIpc) is 2.67. The third-order valence-corrected chi connectivity index (χ3v) is 6.19. The first-order valence-corrected chi connectivity index (χ1v) is 12.1. The summed E-state index contributed by atoms with van der Waals surface area (Å²) in [4.78, 5) is 12.4. The minimum absolute atomic E-state index is 0.0268. The lowest BCUT2D eigenvalue weighted by atomic mass is 9.78. The molecule has 0 spiro atoms. The lowest BCUT2D eigenvalue weighted by molar-refractivity contribution is 0.00695. The molecule has 0 saturated heterocycles. The quantitative estimate of drug-likeness (QED) is 0.332. The van der Waals surface area contributed by atoms with Gasteiger partial charge < -0.3 is 4.74 Å². The fourth-order valence-corrected chi connectivity index (χ4v) is 4.13. The number of esters is 1. The molecule has 0 heterocycles. The zero-order chi connectivity index (χ0) is 23.1. The summed E-state index contributed by atoms with van der Waals surface area (Å²) in [6.07, 6.45) is 3.04. The maximum absolute atomic E-state index is 12.3. The molecule has 0 aliphatic carbocycles. The van der Waals surface area contributed by atoms with Gasteiger partial charge in [0.2, 0.25) is 10.0 Å². The Kier molecular flexibility index (Phi) is 8.89. The molecule has 1 N–H and O–H groups in total. The Balaban J connectivity index is 1.71. The first-order valence-electron chi connectivity index (χ1n) is 10.6. The van der Waals surface area contributed by atoms with Gasteiger partial charge in [0.25, 0.3) is 0 Å². The Hall–Kier alpha value is -2.12. The van der Waals surface area contributed by atoms with Crippen molar-refractivity contribution in [3.63, 3.8) is 0 Å². The molecule has 0 aliphatic rings. The topological polar surface area (TPSA) is 72.5 Å². The second kappa shape index (κ2) is 11.0. The molecule has 0 fully saturated rings. The highest BCUT2D eigenvalue weighted by atomic mass is 32.2. The van der Waals surface area contributed by atoms with E-state index in [1.54, 1.807) is 36.4 Å². The third-order valence-electron chi connectivity index (χ3n) is 4.71. The van der Waals surface area contributed by atoms with Gasteiger partial charge in [0.15, 0.2) is 0 Å². The first-order chi connectivity index (χ1) is 14.5. The van der Waals surface area contributed by atoms with Crippen LogP contribution in [0.5, 0.6) is 0 Å². The van der Waals surface area contributed by atoms with E-state index in [2.05, 4.69) is 4.72 Å². The molecule has 5 nitrogen and oxygen atoms in total. The Bertz CT molecular complexity index is 949. The molecule has 0 bridgehead atoms. The lowest BCUT2D eigenvalue weighted by Crippen LogP contribution is -2.24. The van der Waals surface area contributed by atoms with Crippen molar-refractivity contribution in [2.45, 2.75) is 69.7 Å². The predicted molar refractivity (Wildman–Crippen MR) is 125 cm³/mol. The monoisotopic (exact) mass is 441 g/mol. The fraction of sp³-hybridized carbons (Fsp3) is 0.458. The van der Waals surface area contributed by atoms with Crippen LogP contribution in [0.3, 0.4) is 0 Å². The highest BCUT2D eigenvalue weighted by Gasteiger charge is 2.18. The van der Waals surface area contributed by atoms with Crippen molar-refractivity contribution in [1.29, 1.82) is 0 Å². The van der Waals surface area contributed by atoms with Crippen LogP contribution in [0.1, 0.15) is 61.5 Å². The van der Waals surface area contributed by atoms with E-state index >= 15 is 0 Å². The number of nitrogens with one attached hydrogen (secondary N) is 1. The average molecular weight is 441 g/mol. The molecule has 0 saturated carbocycles. The smallest absolute Gasteiger partial charge is 0.338 e. The van der Waals surface area contributed by atoms with Crippen molar-refractivity contribution in [3.05, 3.63) is 65.2 Å². The summed E-state index contributed by atoms with van der Waals surface area (Å²) in [6.45, 7) is 7.82. The Morgan fingerprint density at radius 3 is 2.23 bits per heavy atom. The Morgan fingerprint density at radius 2 is 1.65 bits per heavy atom. The zero-order valence-electron chi connectivity index (χ0n) is 18.9. The van der Waals surface area contributed by atoms with Crippen LogP contribution in [0.15, 0.2) is 53.4 Å². The second-order valence-corrected chi connectivity index (χ2v) is 10.6. The van der Waals surface area contributed by atoms with E-state index in [0.29, 0.717) is 18.5 Å². The van der Waals surface area contributed by atoms with Crippen LogP contribution in [0.25, 0.3) is 0 Å². The molecule has 0 aromatic heterocycles. The van der Waals surface area contributed by atoms with Crippen molar-refractivity contribution in [2.75, 3.05) is 6.54 Å². The number of carbonyl (C=O) groups excluding carboxylic acids is 1. The summed E-state index contributed by atoms with van der Waals surface area (Å²) >= 11 is 0. The van der Waals surface area contributed by atoms with Crippen LogP contribution in [0.4, 0.5) is 0 Å². The molecule has 166 valence electrons. The molecule has 0 amide bonds. The summed E-state index contributed by atoms with van der Waals surface area (Å²) in [7, 11) is 2.76. The number of carbonyl (C=O) groups is 1. The minimum Gasteiger partial charge on any atom is -0.456 e. The van der Waals surface area contributed by atoms with Crippen LogP contribution < -0.4 is 4.72 Å². The highest BCUT2D eigenvalue weighted by molar-refractivity contribution is 7.89. The van der Waals surface area contributed by atoms with Gasteiger partial charge in [-0.25, -0.2) is 17.9 Å². The molecule has 7 heteroatoms. The number of sulfonamides is 1. The molecular formula is C24H32BNO4S. The van der Waals surface area contributed by atoms with Crippen molar-refractivity contribution >= 4 is 23.8 Å². The van der Waals surface area contributed by atoms with Gasteiger partial charge in [-0.05, 0) is 70.4 Å². The van der Waals surface area contributed by atoms with Gasteiger partial charge in [-0.3, -0.25) is 0 Å². The highest BCUT2D eigenvalue weighted by Crippen LogP contribution is 2.19. The summed E-state index contributed by atoms with van der Waals surface area (Å²) in [5.74, 6) is -0.363. The van der Waals surface area contributed by atoms with Crippen LogP contribution in [-0.4, -0.2) is 34.4 Å². The van der Waals surface area contributed by atoms with Gasteiger partial charge in [0.05, 0.1) is 18.3 Å². The first kappa shape index (κ1) is 25.1. The van der Waals surface area contributed by atoms with Crippen LogP contribution in [0, 0.1) is 6.92 Å². The van der Waals surface area contributed by atoms with Crippen molar-refractivity contribution in [2.24, 2.45) is 0 Å². The Labute approximate surface area is 188 Å². The molecule has 0 aliphatic heterocycles. The number of ether oxygens (including phenoxy) is 1. The molecule has 2 rings (SSSR count). The number of hydrogen-bond acceptors (Lipinski definition) is 4. The molecule has 0 unspecified atom stereocenters. The van der Waals surface area contributed by atoms with Gasteiger partial charge in [-0.15, -0.1) is 0 Å². The summed E-state index contributed by atoms with van der Waals surface area (Å²) in [6, 6.07) is 14.1. The van der Waals surface area contributed by atoms with E-state index < -0.39 is 15.6 Å². The molecule has 31 heavy (non-hydrogen) atoms. The van der Waals surface area contributed by atoms with Gasteiger partial charge in [-0.2, -0.15) is 0 Å².